The zero-order valence-corrected chi connectivity index (χ0v) is 18.9. The Hall–Kier alpha value is -2.47. The van der Waals surface area contributed by atoms with Crippen LogP contribution in [0, 0.1) is 11.3 Å². The number of nitriles is 1. The third-order valence-corrected chi connectivity index (χ3v) is 6.34. The number of aliphatic hydroxyl groups is 4. The van der Waals surface area contributed by atoms with E-state index in [0.717, 1.165) is 11.1 Å². The fourth-order valence-corrected chi connectivity index (χ4v) is 4.38. The molecule has 0 aromatic heterocycles. The van der Waals surface area contributed by atoms with Crippen LogP contribution in [-0.2, 0) is 11.2 Å². The van der Waals surface area contributed by atoms with Crippen molar-refractivity contribution in [2.24, 2.45) is 0 Å². The highest BCUT2D eigenvalue weighted by atomic mass is 16.5. The Balaban J connectivity index is 1.71. The molecule has 1 saturated heterocycles. The topological polar surface area (TPSA) is 123 Å². The Morgan fingerprint density at radius 2 is 1.76 bits per heavy atom. The van der Waals surface area contributed by atoms with Crippen molar-refractivity contribution in [3.63, 3.8) is 0 Å². The molecular formula is C26H31NO6. The lowest BCUT2D eigenvalue weighted by atomic mass is 9.88. The van der Waals surface area contributed by atoms with E-state index in [2.05, 4.69) is 30.3 Å². The van der Waals surface area contributed by atoms with Gasteiger partial charge in [0, 0.05) is 5.56 Å². The first-order chi connectivity index (χ1) is 15.8. The van der Waals surface area contributed by atoms with Crippen LogP contribution in [0.3, 0.4) is 0 Å². The van der Waals surface area contributed by atoms with Crippen molar-refractivity contribution in [3.8, 4) is 11.8 Å². The molecule has 1 saturated carbocycles. The molecule has 0 spiro atoms. The highest BCUT2D eigenvalue weighted by Crippen LogP contribution is 2.41. The Kier molecular flexibility index (Phi) is 7.03. The van der Waals surface area contributed by atoms with E-state index < -0.39 is 37.1 Å². The smallest absolute Gasteiger partial charge is 0.126 e. The summed E-state index contributed by atoms with van der Waals surface area (Å²) in [4.78, 5) is 0. The molecule has 4 N–H and O–H groups in total. The summed E-state index contributed by atoms with van der Waals surface area (Å²) in [6, 6.07) is 14.0. The van der Waals surface area contributed by atoms with Crippen LogP contribution in [0.25, 0.3) is 0 Å². The van der Waals surface area contributed by atoms with Crippen molar-refractivity contribution >= 4 is 0 Å². The molecule has 33 heavy (non-hydrogen) atoms. The number of hydrogen-bond donors (Lipinski definition) is 4. The van der Waals surface area contributed by atoms with E-state index >= 15 is 0 Å². The molecule has 2 fully saturated rings. The second-order valence-corrected chi connectivity index (χ2v) is 9.27. The maximum atomic E-state index is 10.7. The van der Waals surface area contributed by atoms with Gasteiger partial charge >= 0.3 is 0 Å². The lowest BCUT2D eigenvalue weighted by molar-refractivity contribution is -0.232. The van der Waals surface area contributed by atoms with E-state index in [-0.39, 0.29) is 6.10 Å². The SMILES string of the molecule is CC(C)Oc1cc(C#N)c(Cc2ccc(C3CC3)cc2)cc1[C@@H]1O[C@H](CO)[C@@H](O)[C@H](O)[C@H]1O. The predicted molar refractivity (Wildman–Crippen MR) is 121 cm³/mol. The number of rotatable bonds is 7. The number of ether oxygens (including phenoxy) is 2. The minimum absolute atomic E-state index is 0.207. The largest absolute Gasteiger partial charge is 0.491 e. The minimum atomic E-state index is -1.50. The van der Waals surface area contributed by atoms with Crippen LogP contribution in [0.15, 0.2) is 36.4 Å². The summed E-state index contributed by atoms with van der Waals surface area (Å²) in [7, 11) is 0. The van der Waals surface area contributed by atoms with Crippen molar-refractivity contribution in [3.05, 3.63) is 64.2 Å². The molecule has 176 valence electrons. The Labute approximate surface area is 193 Å². The van der Waals surface area contributed by atoms with E-state index in [1.807, 2.05) is 13.8 Å². The molecule has 1 aliphatic carbocycles. The molecule has 7 nitrogen and oxygen atoms in total. The van der Waals surface area contributed by atoms with Crippen molar-refractivity contribution in [1.29, 1.82) is 5.26 Å². The lowest BCUT2D eigenvalue weighted by Crippen LogP contribution is -2.55. The molecule has 7 heteroatoms. The van der Waals surface area contributed by atoms with Crippen LogP contribution in [0.5, 0.6) is 5.75 Å². The van der Waals surface area contributed by atoms with Gasteiger partial charge in [-0.2, -0.15) is 5.26 Å². The van der Waals surface area contributed by atoms with Gasteiger partial charge in [-0.05, 0) is 67.9 Å². The van der Waals surface area contributed by atoms with Gasteiger partial charge in [0.2, 0.25) is 0 Å². The first-order valence-corrected chi connectivity index (χ1v) is 11.4. The standard InChI is InChI=1S/C26H31NO6/c1-14(2)32-21-11-19(12-27)18(9-15-3-5-16(6-4-15)17-7-8-17)10-20(21)26-25(31)24(30)23(29)22(13-28)33-26/h3-6,10-11,14,17,22-26,28-31H,7-9,13H2,1-2H3/t22-,23-,24+,25-,26+/m1/s1. The van der Waals surface area contributed by atoms with E-state index in [4.69, 9.17) is 9.47 Å². The van der Waals surface area contributed by atoms with Crippen molar-refractivity contribution in [1.82, 2.24) is 0 Å². The summed E-state index contributed by atoms with van der Waals surface area (Å²) in [6.45, 7) is 3.18. The van der Waals surface area contributed by atoms with Gasteiger partial charge < -0.3 is 29.9 Å². The number of hydrogen-bond acceptors (Lipinski definition) is 7. The molecule has 2 aromatic rings. The highest BCUT2D eigenvalue weighted by molar-refractivity contribution is 5.51. The van der Waals surface area contributed by atoms with Gasteiger partial charge in [0.1, 0.15) is 36.3 Å². The van der Waals surface area contributed by atoms with E-state index in [9.17, 15) is 25.7 Å². The van der Waals surface area contributed by atoms with Crippen molar-refractivity contribution in [2.45, 2.75) is 75.7 Å². The summed E-state index contributed by atoms with van der Waals surface area (Å²) in [5.41, 5.74) is 4.03. The molecule has 5 atom stereocenters. The van der Waals surface area contributed by atoms with Gasteiger partial charge in [-0.15, -0.1) is 0 Å². The normalized spacial score (nSPS) is 27.4. The molecule has 0 radical (unpaired) electrons. The summed E-state index contributed by atoms with van der Waals surface area (Å²) in [6.07, 6.45) is -3.69. The average molecular weight is 454 g/mol. The fraction of sp³-hybridized carbons (Fsp3) is 0.500. The average Bonchev–Trinajstić information content (AvgIpc) is 3.64. The minimum Gasteiger partial charge on any atom is -0.491 e. The third-order valence-electron chi connectivity index (χ3n) is 6.34. The zero-order valence-electron chi connectivity index (χ0n) is 18.9. The maximum Gasteiger partial charge on any atom is 0.126 e. The Bertz CT molecular complexity index is 1010. The molecule has 2 aromatic carbocycles. The molecule has 4 rings (SSSR count). The van der Waals surface area contributed by atoms with Gasteiger partial charge in [-0.25, -0.2) is 0 Å². The first kappa shape index (κ1) is 23.7. The van der Waals surface area contributed by atoms with Crippen LogP contribution >= 0.6 is 0 Å². The Morgan fingerprint density at radius 1 is 1.06 bits per heavy atom. The molecule has 1 aliphatic heterocycles. The van der Waals surface area contributed by atoms with Gasteiger partial charge in [0.25, 0.3) is 0 Å². The van der Waals surface area contributed by atoms with Gasteiger partial charge in [-0.1, -0.05) is 24.3 Å². The van der Waals surface area contributed by atoms with Gasteiger partial charge in [0.05, 0.1) is 24.3 Å². The summed E-state index contributed by atoms with van der Waals surface area (Å²) in [5, 5.41) is 50.5. The van der Waals surface area contributed by atoms with Crippen LogP contribution in [-0.4, -0.2) is 57.6 Å². The predicted octanol–water partition coefficient (Wildman–Crippen LogP) is 2.33. The zero-order chi connectivity index (χ0) is 23.7. The molecule has 0 unspecified atom stereocenters. The third kappa shape index (κ3) is 5.06. The fourth-order valence-electron chi connectivity index (χ4n) is 4.38. The van der Waals surface area contributed by atoms with E-state index in [0.29, 0.717) is 29.2 Å². The van der Waals surface area contributed by atoms with Crippen LogP contribution in [0.1, 0.15) is 66.5 Å². The molecule has 0 bridgehead atoms. The lowest BCUT2D eigenvalue weighted by Gasteiger charge is -2.40. The number of aliphatic hydroxyl groups excluding tert-OH is 4. The molecule has 2 aliphatic rings. The summed E-state index contributed by atoms with van der Waals surface area (Å²) in [5.74, 6) is 1.03. The molecular weight excluding hydrogens is 422 g/mol. The molecule has 0 amide bonds. The quantitative estimate of drug-likeness (QED) is 0.507. The molecule has 1 heterocycles. The van der Waals surface area contributed by atoms with Crippen LogP contribution in [0.2, 0.25) is 0 Å². The second kappa shape index (κ2) is 9.80. The maximum absolute atomic E-state index is 10.7. The summed E-state index contributed by atoms with van der Waals surface area (Å²) < 4.78 is 11.7. The van der Waals surface area contributed by atoms with Crippen LogP contribution in [0.4, 0.5) is 0 Å². The Morgan fingerprint density at radius 3 is 2.33 bits per heavy atom. The van der Waals surface area contributed by atoms with Gasteiger partial charge in [-0.3, -0.25) is 0 Å². The van der Waals surface area contributed by atoms with Gasteiger partial charge in [0.15, 0.2) is 0 Å². The first-order valence-electron chi connectivity index (χ1n) is 11.4. The number of nitrogens with zero attached hydrogens (tertiary/aromatic N) is 1. The monoisotopic (exact) mass is 453 g/mol. The van der Waals surface area contributed by atoms with E-state index in [1.54, 1.807) is 12.1 Å². The second-order valence-electron chi connectivity index (χ2n) is 9.27. The highest BCUT2D eigenvalue weighted by Gasteiger charge is 2.45. The number of benzene rings is 2. The van der Waals surface area contributed by atoms with Crippen molar-refractivity contribution in [2.75, 3.05) is 6.61 Å². The van der Waals surface area contributed by atoms with Crippen molar-refractivity contribution < 1.29 is 29.9 Å². The van der Waals surface area contributed by atoms with Crippen LogP contribution < -0.4 is 4.74 Å². The summed E-state index contributed by atoms with van der Waals surface area (Å²) >= 11 is 0. The van der Waals surface area contributed by atoms with E-state index in [1.165, 1.54) is 18.4 Å².